The van der Waals surface area contributed by atoms with E-state index in [4.69, 9.17) is 11.6 Å². The number of amides is 1. The van der Waals surface area contributed by atoms with Crippen molar-refractivity contribution in [1.82, 2.24) is 5.32 Å². The fraction of sp³-hybridized carbons (Fsp3) is 0.240. The Morgan fingerprint density at radius 3 is 2.38 bits per heavy atom. The fourth-order valence-corrected chi connectivity index (χ4v) is 5.29. The van der Waals surface area contributed by atoms with Crippen molar-refractivity contribution in [2.45, 2.75) is 43.5 Å². The number of hydrogen-bond acceptors (Lipinski definition) is 3. The largest absolute Gasteiger partial charge is 0.345 e. The van der Waals surface area contributed by atoms with Crippen LogP contribution in [0.5, 0.6) is 0 Å². The molecule has 4 rings (SSSR count). The molecule has 1 aliphatic rings. The highest BCUT2D eigenvalue weighted by Crippen LogP contribution is 2.27. The molecule has 0 aliphatic heterocycles. The van der Waals surface area contributed by atoms with E-state index in [0.29, 0.717) is 5.56 Å². The Hall–Kier alpha value is -2.83. The number of benzene rings is 3. The van der Waals surface area contributed by atoms with Gasteiger partial charge >= 0.3 is 0 Å². The molecule has 1 amide bonds. The Morgan fingerprint density at radius 2 is 1.66 bits per heavy atom. The third-order valence-corrected chi connectivity index (χ3v) is 7.45. The molecule has 5 nitrogen and oxygen atoms in total. The first-order valence-electron chi connectivity index (χ1n) is 10.6. The van der Waals surface area contributed by atoms with Crippen molar-refractivity contribution in [3.8, 4) is 0 Å². The van der Waals surface area contributed by atoms with Crippen LogP contribution in [0.15, 0.2) is 71.6 Å². The molecule has 0 radical (unpaired) electrons. The number of halogens is 1. The maximum atomic E-state index is 12.8. The van der Waals surface area contributed by atoms with Crippen LogP contribution in [0.3, 0.4) is 0 Å². The standard InChI is InChI=1S/C25H25ClN2O3S/c1-17(19-12-11-18-7-5-6-8-20(18)15-19)27-25(29)23-14-13-21(16-24(23)26)28-32(30,31)22-9-3-2-4-10-22/h2-4,9-17,28H,5-8H2,1H3,(H,27,29)/t17-/m1/s1. The molecule has 0 fully saturated rings. The van der Waals surface area contributed by atoms with E-state index in [1.54, 1.807) is 18.2 Å². The van der Waals surface area contributed by atoms with Crippen LogP contribution in [0.2, 0.25) is 5.02 Å². The van der Waals surface area contributed by atoms with Gasteiger partial charge in [0, 0.05) is 0 Å². The first-order chi connectivity index (χ1) is 15.3. The number of fused-ring (bicyclic) bond motifs is 1. The van der Waals surface area contributed by atoms with Gasteiger partial charge in [-0.05, 0) is 79.6 Å². The number of sulfonamides is 1. The summed E-state index contributed by atoms with van der Waals surface area (Å²) in [6.07, 6.45) is 4.63. The van der Waals surface area contributed by atoms with Crippen molar-refractivity contribution in [3.05, 3.63) is 94.0 Å². The molecule has 7 heteroatoms. The van der Waals surface area contributed by atoms with Gasteiger partial charge in [0.15, 0.2) is 0 Å². The van der Waals surface area contributed by atoms with Crippen LogP contribution in [0.4, 0.5) is 5.69 Å². The second-order valence-corrected chi connectivity index (χ2v) is 10.1. The molecule has 1 aliphatic carbocycles. The van der Waals surface area contributed by atoms with Crippen molar-refractivity contribution in [2.24, 2.45) is 0 Å². The van der Waals surface area contributed by atoms with Gasteiger partial charge in [0.1, 0.15) is 0 Å². The zero-order chi connectivity index (χ0) is 22.7. The van der Waals surface area contributed by atoms with Crippen molar-refractivity contribution in [2.75, 3.05) is 4.72 Å². The number of aryl methyl sites for hydroxylation is 2. The highest BCUT2D eigenvalue weighted by atomic mass is 35.5. The Kier molecular flexibility index (Phi) is 6.53. The van der Waals surface area contributed by atoms with Crippen LogP contribution in [0.25, 0.3) is 0 Å². The van der Waals surface area contributed by atoms with Crippen LogP contribution < -0.4 is 10.0 Å². The van der Waals surface area contributed by atoms with Crippen LogP contribution in [0, 0.1) is 0 Å². The molecule has 2 N–H and O–H groups in total. The molecule has 0 saturated carbocycles. The van der Waals surface area contributed by atoms with Gasteiger partial charge in [-0.3, -0.25) is 9.52 Å². The number of carbonyl (C=O) groups excluding carboxylic acids is 1. The smallest absolute Gasteiger partial charge is 0.261 e. The van der Waals surface area contributed by atoms with E-state index in [9.17, 15) is 13.2 Å². The van der Waals surface area contributed by atoms with Gasteiger partial charge in [-0.25, -0.2) is 8.42 Å². The van der Waals surface area contributed by atoms with E-state index < -0.39 is 10.0 Å². The SMILES string of the molecule is C[C@@H](NC(=O)c1ccc(NS(=O)(=O)c2ccccc2)cc1Cl)c1ccc2c(c1)CCCC2. The van der Waals surface area contributed by atoms with Crippen LogP contribution in [-0.2, 0) is 22.9 Å². The Balaban J connectivity index is 1.46. The number of rotatable bonds is 6. The molecule has 0 unspecified atom stereocenters. The molecule has 0 aromatic heterocycles. The second-order valence-electron chi connectivity index (χ2n) is 8.04. The highest BCUT2D eigenvalue weighted by molar-refractivity contribution is 7.92. The summed E-state index contributed by atoms with van der Waals surface area (Å²) in [6, 6.07) is 18.8. The highest BCUT2D eigenvalue weighted by Gasteiger charge is 2.18. The lowest BCUT2D eigenvalue weighted by molar-refractivity contribution is 0.0940. The summed E-state index contributed by atoms with van der Waals surface area (Å²) in [7, 11) is -3.74. The summed E-state index contributed by atoms with van der Waals surface area (Å²) in [6.45, 7) is 1.94. The van der Waals surface area contributed by atoms with Gasteiger partial charge in [-0.15, -0.1) is 0 Å². The number of nitrogens with one attached hydrogen (secondary N) is 2. The zero-order valence-corrected chi connectivity index (χ0v) is 19.3. The Morgan fingerprint density at radius 1 is 0.938 bits per heavy atom. The molecular formula is C25H25ClN2O3S. The van der Waals surface area contributed by atoms with E-state index in [2.05, 4.69) is 28.2 Å². The molecule has 32 heavy (non-hydrogen) atoms. The van der Waals surface area contributed by atoms with Gasteiger partial charge in [-0.2, -0.15) is 0 Å². The maximum Gasteiger partial charge on any atom is 0.261 e. The summed E-state index contributed by atoms with van der Waals surface area (Å²) in [5, 5.41) is 3.17. The van der Waals surface area contributed by atoms with Gasteiger partial charge in [0.2, 0.25) is 0 Å². The minimum Gasteiger partial charge on any atom is -0.345 e. The van der Waals surface area contributed by atoms with Gasteiger partial charge in [-0.1, -0.05) is 48.0 Å². The molecule has 0 saturated heterocycles. The normalized spacial score (nSPS) is 14.3. The summed E-state index contributed by atoms with van der Waals surface area (Å²) in [4.78, 5) is 13.0. The van der Waals surface area contributed by atoms with Crippen molar-refractivity contribution in [1.29, 1.82) is 0 Å². The van der Waals surface area contributed by atoms with Crippen LogP contribution in [0.1, 0.15) is 52.9 Å². The number of carbonyl (C=O) groups is 1. The van der Waals surface area contributed by atoms with Crippen LogP contribution >= 0.6 is 11.6 Å². The maximum absolute atomic E-state index is 12.8. The lowest BCUT2D eigenvalue weighted by Gasteiger charge is -2.20. The van der Waals surface area contributed by atoms with Crippen molar-refractivity contribution >= 4 is 33.2 Å². The van der Waals surface area contributed by atoms with E-state index in [1.807, 2.05) is 6.92 Å². The molecule has 3 aromatic carbocycles. The average molecular weight is 469 g/mol. The minimum atomic E-state index is -3.74. The molecular weight excluding hydrogens is 444 g/mol. The lowest BCUT2D eigenvalue weighted by Crippen LogP contribution is -2.27. The summed E-state index contributed by atoms with van der Waals surface area (Å²) in [5.74, 6) is -0.308. The molecule has 3 aromatic rings. The lowest BCUT2D eigenvalue weighted by atomic mass is 9.89. The molecule has 1 atom stereocenters. The van der Waals surface area contributed by atoms with Gasteiger partial charge < -0.3 is 5.32 Å². The quantitative estimate of drug-likeness (QED) is 0.500. The second kappa shape index (κ2) is 9.35. The summed E-state index contributed by atoms with van der Waals surface area (Å²) in [5.41, 5.74) is 4.40. The topological polar surface area (TPSA) is 75.3 Å². The van der Waals surface area contributed by atoms with E-state index in [0.717, 1.165) is 18.4 Å². The van der Waals surface area contributed by atoms with E-state index >= 15 is 0 Å². The van der Waals surface area contributed by atoms with Crippen molar-refractivity contribution < 1.29 is 13.2 Å². The Bertz CT molecular complexity index is 1240. The van der Waals surface area contributed by atoms with E-state index in [1.165, 1.54) is 54.3 Å². The monoisotopic (exact) mass is 468 g/mol. The summed E-state index contributed by atoms with van der Waals surface area (Å²) >= 11 is 6.33. The van der Waals surface area contributed by atoms with Gasteiger partial charge in [0.25, 0.3) is 15.9 Å². The third kappa shape index (κ3) is 4.97. The average Bonchev–Trinajstić information content (AvgIpc) is 2.79. The molecule has 0 heterocycles. The number of hydrogen-bond donors (Lipinski definition) is 2. The molecule has 166 valence electrons. The first kappa shape index (κ1) is 22.4. The first-order valence-corrected chi connectivity index (χ1v) is 12.5. The fourth-order valence-electron chi connectivity index (χ4n) is 3.96. The van der Waals surface area contributed by atoms with E-state index in [-0.39, 0.29) is 27.6 Å². The molecule has 0 spiro atoms. The zero-order valence-electron chi connectivity index (χ0n) is 17.8. The number of anilines is 1. The van der Waals surface area contributed by atoms with Gasteiger partial charge in [0.05, 0.1) is 27.2 Å². The third-order valence-electron chi connectivity index (χ3n) is 5.74. The minimum absolute atomic E-state index is 0.150. The summed E-state index contributed by atoms with van der Waals surface area (Å²) < 4.78 is 27.5. The van der Waals surface area contributed by atoms with Crippen molar-refractivity contribution in [3.63, 3.8) is 0 Å². The molecule has 0 bridgehead atoms. The Labute approximate surface area is 193 Å². The predicted molar refractivity (Wildman–Crippen MR) is 128 cm³/mol. The van der Waals surface area contributed by atoms with Crippen LogP contribution in [-0.4, -0.2) is 14.3 Å². The predicted octanol–water partition coefficient (Wildman–Crippen LogP) is 5.51.